The summed E-state index contributed by atoms with van der Waals surface area (Å²) in [5, 5.41) is 19.6. The van der Waals surface area contributed by atoms with Gasteiger partial charge in [0.1, 0.15) is 24.4 Å². The van der Waals surface area contributed by atoms with Crippen LogP contribution in [-0.2, 0) is 18.9 Å². The SMILES string of the molecule is COC1C(O)C(O)OC2COC(c3ccccc3)O[C@@H]21. The smallest absolute Gasteiger partial charge is 0.184 e. The summed E-state index contributed by atoms with van der Waals surface area (Å²) in [7, 11) is 1.47. The van der Waals surface area contributed by atoms with Gasteiger partial charge in [0.2, 0.25) is 0 Å². The van der Waals surface area contributed by atoms with Gasteiger partial charge in [-0.3, -0.25) is 0 Å². The lowest BCUT2D eigenvalue weighted by Gasteiger charge is -2.46. The summed E-state index contributed by atoms with van der Waals surface area (Å²) in [5.41, 5.74) is 0.890. The number of aliphatic hydroxyl groups is 2. The Morgan fingerprint density at radius 1 is 1.15 bits per heavy atom. The lowest BCUT2D eigenvalue weighted by atomic mass is 9.98. The maximum atomic E-state index is 9.91. The fourth-order valence-corrected chi connectivity index (χ4v) is 2.63. The molecule has 5 unspecified atom stereocenters. The van der Waals surface area contributed by atoms with Crippen LogP contribution in [0.1, 0.15) is 11.9 Å². The minimum absolute atomic E-state index is 0.272. The highest BCUT2D eigenvalue weighted by Crippen LogP contribution is 2.34. The number of benzene rings is 1. The van der Waals surface area contributed by atoms with E-state index in [0.717, 1.165) is 5.56 Å². The Balaban J connectivity index is 1.78. The van der Waals surface area contributed by atoms with Crippen LogP contribution in [0.3, 0.4) is 0 Å². The van der Waals surface area contributed by atoms with E-state index in [2.05, 4.69) is 0 Å². The second kappa shape index (κ2) is 5.77. The van der Waals surface area contributed by atoms with Gasteiger partial charge in [-0.25, -0.2) is 0 Å². The van der Waals surface area contributed by atoms with E-state index >= 15 is 0 Å². The van der Waals surface area contributed by atoms with Crippen molar-refractivity contribution in [2.75, 3.05) is 13.7 Å². The minimum Gasteiger partial charge on any atom is -0.385 e. The third kappa shape index (κ3) is 2.46. The Labute approximate surface area is 116 Å². The molecule has 1 aromatic rings. The summed E-state index contributed by atoms with van der Waals surface area (Å²) < 4.78 is 22.0. The summed E-state index contributed by atoms with van der Waals surface area (Å²) in [6.45, 7) is 0.272. The highest BCUT2D eigenvalue weighted by atomic mass is 16.7. The maximum absolute atomic E-state index is 9.91. The number of methoxy groups -OCH3 is 1. The number of ether oxygens (including phenoxy) is 4. The second-order valence-corrected chi connectivity index (χ2v) is 4.93. The first kappa shape index (κ1) is 13.9. The molecule has 3 rings (SSSR count). The van der Waals surface area contributed by atoms with E-state index < -0.39 is 37.0 Å². The van der Waals surface area contributed by atoms with Gasteiger partial charge in [0.05, 0.1) is 6.61 Å². The summed E-state index contributed by atoms with van der Waals surface area (Å²) >= 11 is 0. The Morgan fingerprint density at radius 3 is 2.60 bits per heavy atom. The van der Waals surface area contributed by atoms with Gasteiger partial charge in [0.25, 0.3) is 0 Å². The van der Waals surface area contributed by atoms with Crippen LogP contribution in [-0.4, -0.2) is 54.6 Å². The van der Waals surface area contributed by atoms with Gasteiger partial charge in [-0.2, -0.15) is 0 Å². The molecule has 0 saturated carbocycles. The van der Waals surface area contributed by atoms with Crippen LogP contribution >= 0.6 is 0 Å². The predicted molar refractivity (Wildman–Crippen MR) is 67.7 cm³/mol. The van der Waals surface area contributed by atoms with Gasteiger partial charge >= 0.3 is 0 Å². The molecular weight excluding hydrogens is 264 g/mol. The topological polar surface area (TPSA) is 77.4 Å². The van der Waals surface area contributed by atoms with Gasteiger partial charge in [0, 0.05) is 12.7 Å². The van der Waals surface area contributed by atoms with Crippen LogP contribution in [0.15, 0.2) is 30.3 Å². The van der Waals surface area contributed by atoms with Gasteiger partial charge in [-0.15, -0.1) is 0 Å². The molecule has 6 atom stereocenters. The van der Waals surface area contributed by atoms with Crippen LogP contribution in [0.4, 0.5) is 0 Å². The second-order valence-electron chi connectivity index (χ2n) is 4.93. The number of hydrogen-bond acceptors (Lipinski definition) is 6. The van der Waals surface area contributed by atoms with E-state index in [1.54, 1.807) is 0 Å². The zero-order valence-electron chi connectivity index (χ0n) is 11.1. The van der Waals surface area contributed by atoms with Crippen molar-refractivity contribution in [1.29, 1.82) is 0 Å². The Kier molecular flexibility index (Phi) is 4.02. The molecule has 0 bridgehead atoms. The Hall–Kier alpha value is -1.02. The average molecular weight is 282 g/mol. The van der Waals surface area contributed by atoms with E-state index in [1.807, 2.05) is 30.3 Å². The fraction of sp³-hybridized carbons (Fsp3) is 0.571. The van der Waals surface area contributed by atoms with Crippen molar-refractivity contribution in [3.63, 3.8) is 0 Å². The van der Waals surface area contributed by atoms with Crippen molar-refractivity contribution < 1.29 is 29.2 Å². The summed E-state index contributed by atoms with van der Waals surface area (Å²) in [5.74, 6) is 0. The molecule has 2 aliphatic heterocycles. The number of fused-ring (bicyclic) bond motifs is 1. The Bertz CT molecular complexity index is 439. The van der Waals surface area contributed by atoms with Crippen molar-refractivity contribution >= 4 is 0 Å². The third-order valence-electron chi connectivity index (χ3n) is 3.67. The molecule has 2 saturated heterocycles. The van der Waals surface area contributed by atoms with Gasteiger partial charge < -0.3 is 29.2 Å². The highest BCUT2D eigenvalue weighted by Gasteiger charge is 2.49. The van der Waals surface area contributed by atoms with Gasteiger partial charge in [-0.05, 0) is 0 Å². The largest absolute Gasteiger partial charge is 0.385 e. The summed E-state index contributed by atoms with van der Waals surface area (Å²) in [6.07, 6.45) is -4.56. The molecule has 0 spiro atoms. The average Bonchev–Trinajstić information content (AvgIpc) is 2.49. The summed E-state index contributed by atoms with van der Waals surface area (Å²) in [6, 6.07) is 9.52. The van der Waals surface area contributed by atoms with Crippen LogP contribution in [0.2, 0.25) is 0 Å². The molecule has 0 aromatic heterocycles. The third-order valence-corrected chi connectivity index (χ3v) is 3.67. The van der Waals surface area contributed by atoms with Crippen LogP contribution < -0.4 is 0 Å². The zero-order valence-corrected chi connectivity index (χ0v) is 11.1. The number of aliphatic hydroxyl groups excluding tert-OH is 2. The molecule has 2 fully saturated rings. The molecule has 20 heavy (non-hydrogen) atoms. The molecule has 2 N–H and O–H groups in total. The van der Waals surface area contributed by atoms with Crippen LogP contribution in [0.25, 0.3) is 0 Å². The van der Waals surface area contributed by atoms with Gasteiger partial charge in [0.15, 0.2) is 12.6 Å². The lowest BCUT2D eigenvalue weighted by Crippen LogP contribution is -2.62. The van der Waals surface area contributed by atoms with Gasteiger partial charge in [-0.1, -0.05) is 30.3 Å². The summed E-state index contributed by atoms with van der Waals surface area (Å²) in [4.78, 5) is 0. The van der Waals surface area contributed by atoms with E-state index in [0.29, 0.717) is 0 Å². The van der Waals surface area contributed by atoms with E-state index in [9.17, 15) is 10.2 Å². The first-order chi connectivity index (χ1) is 9.70. The molecule has 6 nitrogen and oxygen atoms in total. The molecule has 110 valence electrons. The molecule has 0 aliphatic carbocycles. The van der Waals surface area contributed by atoms with E-state index in [4.69, 9.17) is 18.9 Å². The number of hydrogen-bond donors (Lipinski definition) is 2. The van der Waals surface area contributed by atoms with Crippen molar-refractivity contribution in [2.24, 2.45) is 0 Å². The Morgan fingerprint density at radius 2 is 1.90 bits per heavy atom. The first-order valence-electron chi connectivity index (χ1n) is 6.57. The minimum atomic E-state index is -1.29. The highest BCUT2D eigenvalue weighted by molar-refractivity contribution is 5.16. The normalized spacial score (nSPS) is 41.1. The standard InChI is InChI=1S/C14H18O6/c1-17-12-10(15)13(16)19-9-7-18-14(20-11(9)12)8-5-3-2-4-6-8/h2-6,9-16H,7H2,1H3/t9?,10?,11-,12?,13?,14?/m0/s1. The van der Waals surface area contributed by atoms with Crippen LogP contribution in [0, 0.1) is 0 Å². The van der Waals surface area contributed by atoms with Crippen LogP contribution in [0.5, 0.6) is 0 Å². The lowest BCUT2D eigenvalue weighted by molar-refractivity contribution is -0.357. The molecule has 6 heteroatoms. The zero-order chi connectivity index (χ0) is 14.1. The predicted octanol–water partition coefficient (Wildman–Crippen LogP) is 0.194. The monoisotopic (exact) mass is 282 g/mol. The molecule has 2 heterocycles. The van der Waals surface area contributed by atoms with Crippen molar-refractivity contribution in [1.82, 2.24) is 0 Å². The van der Waals surface area contributed by atoms with Crippen molar-refractivity contribution in [3.05, 3.63) is 35.9 Å². The quantitative estimate of drug-likeness (QED) is 0.806. The fourth-order valence-electron chi connectivity index (χ4n) is 2.63. The van der Waals surface area contributed by atoms with E-state index in [-0.39, 0.29) is 6.61 Å². The first-order valence-corrected chi connectivity index (χ1v) is 6.57. The molecule has 0 radical (unpaired) electrons. The van der Waals surface area contributed by atoms with Crippen molar-refractivity contribution in [3.8, 4) is 0 Å². The molecule has 1 aromatic carbocycles. The number of rotatable bonds is 2. The van der Waals surface area contributed by atoms with Crippen molar-refractivity contribution in [2.45, 2.75) is 37.0 Å². The maximum Gasteiger partial charge on any atom is 0.184 e. The molecular formula is C14H18O6. The van der Waals surface area contributed by atoms with E-state index in [1.165, 1.54) is 7.11 Å². The molecule has 0 amide bonds. The molecule has 2 aliphatic rings.